The van der Waals surface area contributed by atoms with E-state index in [2.05, 4.69) is 77.5 Å². The summed E-state index contributed by atoms with van der Waals surface area (Å²) >= 11 is 0. The molecule has 1 aliphatic heterocycles. The predicted octanol–water partition coefficient (Wildman–Crippen LogP) is 7.99. The first-order valence-electron chi connectivity index (χ1n) is 15.3. The molecule has 5 aromatic rings. The Morgan fingerprint density at radius 2 is 1.50 bits per heavy atom. The molecule has 180 valence electrons. The molecule has 0 atom stereocenters. The number of imidazole rings is 1. The lowest BCUT2D eigenvalue weighted by atomic mass is 9.45. The first-order valence-corrected chi connectivity index (χ1v) is 13.8. The highest BCUT2D eigenvalue weighted by atomic mass is 15.1. The second-order valence-electron chi connectivity index (χ2n) is 11.7. The average molecular weight is 475 g/mol. The van der Waals surface area contributed by atoms with E-state index in [1.165, 1.54) is 90.5 Å². The quantitative estimate of drug-likeness (QED) is 0.172. The largest absolute Gasteiger partial charge is 0.295 e. The zero-order valence-corrected chi connectivity index (χ0v) is 21.3. The lowest BCUT2D eigenvalue weighted by molar-refractivity contribution is -0.632. The second kappa shape index (κ2) is 7.00. The molecule has 2 aromatic heterocycles. The molecular weight excluding hydrogens is 436 g/mol. The summed E-state index contributed by atoms with van der Waals surface area (Å²) in [6.07, 6.45) is 9.77. The standard InChI is InChI=1S/C34H35N2/c1-22-12-11-15-25-27-23(2)16-17-26-30(27)36-31(34-20-9-7-18-33(26,34)19-8-10-21-34)29(24-13-5-4-6-14-24)35(3)32(36)28(22)25/h4-6,11-17H,7-10,18-21H2,1-3H3/q+1/i2D3. The van der Waals surface area contributed by atoms with Crippen molar-refractivity contribution in [2.75, 3.05) is 0 Å². The van der Waals surface area contributed by atoms with Crippen molar-refractivity contribution >= 4 is 27.3 Å². The Morgan fingerprint density at radius 1 is 0.778 bits per heavy atom. The minimum atomic E-state index is -2.19. The zero-order chi connectivity index (χ0) is 26.7. The maximum absolute atomic E-state index is 8.60. The summed E-state index contributed by atoms with van der Waals surface area (Å²) in [6, 6.07) is 21.6. The summed E-state index contributed by atoms with van der Waals surface area (Å²) in [6.45, 7) is -0.0105. The summed E-state index contributed by atoms with van der Waals surface area (Å²) in [4.78, 5) is 0. The lowest BCUT2D eigenvalue weighted by Gasteiger charge is -2.57. The van der Waals surface area contributed by atoms with Gasteiger partial charge in [0.1, 0.15) is 5.52 Å². The van der Waals surface area contributed by atoms with Gasteiger partial charge >= 0.3 is 0 Å². The van der Waals surface area contributed by atoms with Gasteiger partial charge in [-0.2, -0.15) is 4.40 Å². The first kappa shape index (κ1) is 18.2. The number of aromatic nitrogens is 2. The molecule has 0 radical (unpaired) electrons. The summed E-state index contributed by atoms with van der Waals surface area (Å²) in [5, 5.41) is 3.18. The highest BCUT2D eigenvalue weighted by Gasteiger charge is 2.63. The van der Waals surface area contributed by atoms with Gasteiger partial charge in [0.15, 0.2) is 11.4 Å². The minimum absolute atomic E-state index is 0.0460. The SMILES string of the molecule is [2H]C([2H])([2H])c1ccc2c3c1c1cccc(C)c1c1n3c(c(-c3ccccc3)[n+]1C)C13CCCCC21CCCC3. The van der Waals surface area contributed by atoms with Crippen LogP contribution < -0.4 is 4.57 Å². The van der Waals surface area contributed by atoms with E-state index in [9.17, 15) is 0 Å². The topological polar surface area (TPSA) is 8.29 Å². The predicted molar refractivity (Wildman–Crippen MR) is 149 cm³/mol. The van der Waals surface area contributed by atoms with Crippen LogP contribution in [0.5, 0.6) is 0 Å². The van der Waals surface area contributed by atoms with Crippen molar-refractivity contribution in [3.63, 3.8) is 0 Å². The molecule has 2 aliphatic carbocycles. The fraction of sp³-hybridized carbons (Fsp3) is 0.382. The molecule has 36 heavy (non-hydrogen) atoms. The molecule has 3 heterocycles. The van der Waals surface area contributed by atoms with Gasteiger partial charge in [0.25, 0.3) is 5.65 Å². The zero-order valence-electron chi connectivity index (χ0n) is 24.3. The van der Waals surface area contributed by atoms with E-state index in [4.69, 9.17) is 4.11 Å². The number of hydrogen-bond acceptors (Lipinski definition) is 0. The molecule has 2 heteroatoms. The van der Waals surface area contributed by atoms with Crippen LogP contribution in [0.25, 0.3) is 38.6 Å². The molecule has 0 bridgehead atoms. The number of pyridine rings is 1. The van der Waals surface area contributed by atoms with E-state index >= 15 is 0 Å². The Hall–Kier alpha value is -3.13. The summed E-state index contributed by atoms with van der Waals surface area (Å²) in [5.41, 5.74) is 9.54. The van der Waals surface area contributed by atoms with Crippen LogP contribution in [0.15, 0.2) is 60.7 Å². The van der Waals surface area contributed by atoms with E-state index in [-0.39, 0.29) is 10.8 Å². The number of hydrogen-bond donors (Lipinski definition) is 0. The first-order chi connectivity index (χ1) is 18.8. The Kier molecular flexibility index (Phi) is 3.53. The molecule has 0 N–H and O–H groups in total. The van der Waals surface area contributed by atoms with Gasteiger partial charge in [-0.25, -0.2) is 4.57 Å². The molecule has 3 aliphatic rings. The van der Waals surface area contributed by atoms with E-state index in [0.717, 1.165) is 16.3 Å². The number of rotatable bonds is 1. The number of aryl methyl sites for hydroxylation is 3. The van der Waals surface area contributed by atoms with Gasteiger partial charge in [-0.05, 0) is 50.6 Å². The fourth-order valence-corrected chi connectivity index (χ4v) is 9.05. The fourth-order valence-electron chi connectivity index (χ4n) is 9.05. The second-order valence-corrected chi connectivity index (χ2v) is 11.7. The van der Waals surface area contributed by atoms with Crippen molar-refractivity contribution in [3.05, 3.63) is 83.0 Å². The molecule has 0 unspecified atom stereocenters. The Bertz CT molecular complexity index is 1820. The van der Waals surface area contributed by atoms with Crippen LogP contribution in [0.1, 0.15) is 77.9 Å². The molecule has 0 spiro atoms. The van der Waals surface area contributed by atoms with Crippen molar-refractivity contribution in [2.24, 2.45) is 7.05 Å². The van der Waals surface area contributed by atoms with Crippen LogP contribution in [0, 0.1) is 13.8 Å². The number of benzene rings is 3. The maximum atomic E-state index is 8.60. The van der Waals surface area contributed by atoms with Crippen molar-refractivity contribution in [3.8, 4) is 11.3 Å². The molecule has 0 saturated heterocycles. The van der Waals surface area contributed by atoms with Gasteiger partial charge in [-0.1, -0.05) is 86.3 Å². The van der Waals surface area contributed by atoms with Crippen LogP contribution in [0.4, 0.5) is 0 Å². The van der Waals surface area contributed by atoms with Gasteiger partial charge in [0.2, 0.25) is 0 Å². The van der Waals surface area contributed by atoms with E-state index in [0.29, 0.717) is 5.56 Å². The van der Waals surface area contributed by atoms with E-state index < -0.39 is 6.85 Å². The minimum Gasteiger partial charge on any atom is -0.225 e. The molecule has 8 rings (SSSR count). The molecule has 3 aromatic carbocycles. The molecular formula is C34H35N2+. The lowest BCUT2D eigenvalue weighted by Crippen LogP contribution is -2.56. The molecule has 0 amide bonds. The summed E-state index contributed by atoms with van der Waals surface area (Å²) < 4.78 is 30.8. The third-order valence-electron chi connectivity index (χ3n) is 10.3. The Balaban J connectivity index is 1.74. The highest BCUT2D eigenvalue weighted by Crippen LogP contribution is 2.65. The summed E-state index contributed by atoms with van der Waals surface area (Å²) in [5.74, 6) is 0. The van der Waals surface area contributed by atoms with Gasteiger partial charge in [0.05, 0.1) is 12.4 Å². The van der Waals surface area contributed by atoms with Crippen LogP contribution >= 0.6 is 0 Å². The highest BCUT2D eigenvalue weighted by molar-refractivity contribution is 6.15. The van der Waals surface area contributed by atoms with Crippen molar-refractivity contribution in [2.45, 2.75) is 76.0 Å². The smallest absolute Gasteiger partial charge is 0.225 e. The van der Waals surface area contributed by atoms with Crippen LogP contribution in [-0.2, 0) is 17.9 Å². The van der Waals surface area contributed by atoms with Gasteiger partial charge in [-0.3, -0.25) is 0 Å². The van der Waals surface area contributed by atoms with E-state index in [1.54, 1.807) is 0 Å². The van der Waals surface area contributed by atoms with E-state index in [1.807, 2.05) is 6.07 Å². The third-order valence-corrected chi connectivity index (χ3v) is 10.3. The van der Waals surface area contributed by atoms with Gasteiger partial charge in [0, 0.05) is 36.8 Å². The third kappa shape index (κ3) is 2.24. The van der Waals surface area contributed by atoms with Crippen molar-refractivity contribution in [1.82, 2.24) is 4.40 Å². The van der Waals surface area contributed by atoms with Crippen LogP contribution in [0.3, 0.4) is 0 Å². The normalized spacial score (nSPS) is 26.6. The Morgan fingerprint density at radius 3 is 2.22 bits per heavy atom. The molecule has 2 nitrogen and oxygen atoms in total. The van der Waals surface area contributed by atoms with Crippen LogP contribution in [-0.4, -0.2) is 4.40 Å². The van der Waals surface area contributed by atoms with Crippen molar-refractivity contribution < 1.29 is 8.68 Å². The van der Waals surface area contributed by atoms with Gasteiger partial charge < -0.3 is 0 Å². The Labute approximate surface area is 217 Å². The maximum Gasteiger partial charge on any atom is 0.295 e. The monoisotopic (exact) mass is 474 g/mol. The average Bonchev–Trinajstić information content (AvgIpc) is 3.25. The van der Waals surface area contributed by atoms with Crippen LogP contribution in [0.2, 0.25) is 0 Å². The van der Waals surface area contributed by atoms with Crippen molar-refractivity contribution in [1.29, 1.82) is 0 Å². The summed E-state index contributed by atoms with van der Waals surface area (Å²) in [7, 11) is 2.24. The molecule has 2 saturated carbocycles. The van der Waals surface area contributed by atoms with Gasteiger partial charge in [-0.15, -0.1) is 0 Å². The number of nitrogens with zero attached hydrogens (tertiary/aromatic N) is 2. The number of fused-ring (bicyclic) bond motifs is 3. The molecule has 2 fully saturated rings.